The van der Waals surface area contributed by atoms with Crippen LogP contribution in [0.4, 0.5) is 4.39 Å². The Morgan fingerprint density at radius 1 is 1.14 bits per heavy atom. The van der Waals surface area contributed by atoms with Gasteiger partial charge in [0, 0.05) is 0 Å². The summed E-state index contributed by atoms with van der Waals surface area (Å²) in [6, 6.07) is 11.7. The highest BCUT2D eigenvalue weighted by atomic mass is 19.1. The second kappa shape index (κ2) is 8.19. The first-order valence-corrected chi connectivity index (χ1v) is 9.22. The Labute approximate surface area is 165 Å². The molecule has 1 atom stereocenters. The number of nitrogens with zero attached hydrogens (tertiary/aromatic N) is 1. The molecule has 0 radical (unpaired) electrons. The number of hydrogen-bond acceptors (Lipinski definition) is 4. The van der Waals surface area contributed by atoms with E-state index in [1.807, 2.05) is 30.9 Å². The minimum absolute atomic E-state index is 0.00707. The highest BCUT2D eigenvalue weighted by Crippen LogP contribution is 2.32. The number of ether oxygens (including phenoxy) is 3. The Hall–Kier alpha value is -2.60. The van der Waals surface area contributed by atoms with E-state index in [0.717, 1.165) is 11.1 Å². The zero-order valence-corrected chi connectivity index (χ0v) is 16.7. The molecular formula is C22H26FNO4. The van der Waals surface area contributed by atoms with Crippen LogP contribution in [0.5, 0.6) is 11.5 Å². The predicted molar refractivity (Wildman–Crippen MR) is 104 cm³/mol. The number of morpholine rings is 1. The number of methoxy groups -OCH3 is 2. The average Bonchev–Trinajstić information content (AvgIpc) is 2.68. The summed E-state index contributed by atoms with van der Waals surface area (Å²) in [7, 11) is 3.15. The molecule has 1 aliphatic rings. The predicted octanol–water partition coefficient (Wildman–Crippen LogP) is 3.76. The lowest BCUT2D eigenvalue weighted by molar-refractivity contribution is -0.154. The molecular weight excluding hydrogens is 361 g/mol. The number of carbonyl (C=O) groups excluding carboxylic acids is 1. The van der Waals surface area contributed by atoms with Gasteiger partial charge in [0.05, 0.1) is 39.3 Å². The Balaban J connectivity index is 1.77. The quantitative estimate of drug-likeness (QED) is 0.784. The minimum atomic E-state index is -0.426. The molecule has 1 fully saturated rings. The Kier molecular flexibility index (Phi) is 5.89. The molecule has 1 saturated heterocycles. The summed E-state index contributed by atoms with van der Waals surface area (Å²) in [5.41, 5.74) is 1.29. The van der Waals surface area contributed by atoms with Gasteiger partial charge in [0.25, 0.3) is 0 Å². The van der Waals surface area contributed by atoms with E-state index in [1.54, 1.807) is 32.4 Å². The number of hydrogen-bond donors (Lipinski definition) is 0. The third kappa shape index (κ3) is 4.28. The normalized spacial score (nSPS) is 18.6. The molecule has 1 heterocycles. The van der Waals surface area contributed by atoms with Gasteiger partial charge >= 0.3 is 0 Å². The van der Waals surface area contributed by atoms with Crippen molar-refractivity contribution < 1.29 is 23.4 Å². The summed E-state index contributed by atoms with van der Waals surface area (Å²) in [5, 5.41) is 0. The fraction of sp³-hybridized carbons (Fsp3) is 0.409. The van der Waals surface area contributed by atoms with Crippen molar-refractivity contribution in [3.63, 3.8) is 0 Å². The van der Waals surface area contributed by atoms with Gasteiger partial charge in [-0.15, -0.1) is 0 Å². The van der Waals surface area contributed by atoms with Gasteiger partial charge < -0.3 is 19.1 Å². The molecule has 3 rings (SSSR count). The van der Waals surface area contributed by atoms with E-state index in [4.69, 9.17) is 14.2 Å². The molecule has 1 unspecified atom stereocenters. The molecule has 0 saturated carbocycles. The van der Waals surface area contributed by atoms with Crippen molar-refractivity contribution >= 4 is 5.91 Å². The highest BCUT2D eigenvalue weighted by Gasteiger charge is 2.38. The van der Waals surface area contributed by atoms with Gasteiger partial charge in [-0.3, -0.25) is 4.79 Å². The third-order valence-corrected chi connectivity index (χ3v) is 5.06. The first kappa shape index (κ1) is 20.1. The van der Waals surface area contributed by atoms with Gasteiger partial charge in [0.1, 0.15) is 11.9 Å². The fourth-order valence-electron chi connectivity index (χ4n) is 3.43. The van der Waals surface area contributed by atoms with Crippen molar-refractivity contribution in [2.24, 2.45) is 0 Å². The van der Waals surface area contributed by atoms with Crippen LogP contribution in [0.2, 0.25) is 0 Å². The largest absolute Gasteiger partial charge is 0.493 e. The second-order valence-electron chi connectivity index (χ2n) is 7.53. The summed E-state index contributed by atoms with van der Waals surface area (Å²) in [6.07, 6.45) is -0.0251. The van der Waals surface area contributed by atoms with Gasteiger partial charge in [0.15, 0.2) is 11.5 Å². The number of rotatable bonds is 5. The maximum Gasteiger partial charge on any atom is 0.227 e. The number of carbonyl (C=O) groups is 1. The van der Waals surface area contributed by atoms with Gasteiger partial charge in [-0.05, 0) is 49.2 Å². The smallest absolute Gasteiger partial charge is 0.227 e. The first-order valence-electron chi connectivity index (χ1n) is 9.22. The fourth-order valence-corrected chi connectivity index (χ4v) is 3.43. The summed E-state index contributed by atoms with van der Waals surface area (Å²) < 4.78 is 29.8. The Bertz CT molecular complexity index is 835. The highest BCUT2D eigenvalue weighted by molar-refractivity contribution is 5.80. The van der Waals surface area contributed by atoms with Crippen LogP contribution in [-0.4, -0.2) is 43.7 Å². The van der Waals surface area contributed by atoms with Crippen molar-refractivity contribution in [2.75, 3.05) is 27.4 Å². The molecule has 2 aromatic rings. The topological polar surface area (TPSA) is 48.0 Å². The van der Waals surface area contributed by atoms with E-state index < -0.39 is 5.54 Å². The zero-order chi connectivity index (χ0) is 20.3. The SMILES string of the molecule is COc1ccc(CC(=O)N2CC(c3ccc(F)cc3)OCC2(C)C)cc1OC. The van der Waals surface area contributed by atoms with E-state index in [9.17, 15) is 9.18 Å². The zero-order valence-electron chi connectivity index (χ0n) is 16.7. The lowest BCUT2D eigenvalue weighted by Gasteiger charge is -2.45. The monoisotopic (exact) mass is 387 g/mol. The summed E-state index contributed by atoms with van der Waals surface area (Å²) >= 11 is 0. The molecule has 1 amide bonds. The van der Waals surface area contributed by atoms with Gasteiger partial charge in [-0.25, -0.2) is 4.39 Å². The van der Waals surface area contributed by atoms with Crippen LogP contribution in [0.25, 0.3) is 0 Å². The molecule has 0 aromatic heterocycles. The average molecular weight is 387 g/mol. The van der Waals surface area contributed by atoms with E-state index in [0.29, 0.717) is 24.7 Å². The van der Waals surface area contributed by atoms with Crippen LogP contribution < -0.4 is 9.47 Å². The van der Waals surface area contributed by atoms with Crippen LogP contribution in [0.3, 0.4) is 0 Å². The van der Waals surface area contributed by atoms with Crippen molar-refractivity contribution in [3.8, 4) is 11.5 Å². The Morgan fingerprint density at radius 3 is 2.46 bits per heavy atom. The minimum Gasteiger partial charge on any atom is -0.493 e. The van der Waals surface area contributed by atoms with E-state index in [-0.39, 0.29) is 24.2 Å². The van der Waals surface area contributed by atoms with Gasteiger partial charge in [0.2, 0.25) is 5.91 Å². The van der Waals surface area contributed by atoms with Crippen LogP contribution in [0, 0.1) is 5.82 Å². The molecule has 0 aliphatic carbocycles. The lowest BCUT2D eigenvalue weighted by Crippen LogP contribution is -2.56. The lowest BCUT2D eigenvalue weighted by atomic mass is 9.96. The molecule has 0 spiro atoms. The van der Waals surface area contributed by atoms with Crippen molar-refractivity contribution in [2.45, 2.75) is 31.9 Å². The number of halogens is 1. The van der Waals surface area contributed by atoms with Crippen molar-refractivity contribution in [1.82, 2.24) is 4.90 Å². The molecule has 150 valence electrons. The molecule has 1 aliphatic heterocycles. The van der Waals surface area contributed by atoms with Gasteiger partial charge in [-0.1, -0.05) is 18.2 Å². The first-order chi connectivity index (χ1) is 13.3. The summed E-state index contributed by atoms with van der Waals surface area (Å²) in [6.45, 7) is 4.80. The van der Waals surface area contributed by atoms with Crippen LogP contribution in [0.1, 0.15) is 31.1 Å². The third-order valence-electron chi connectivity index (χ3n) is 5.06. The molecule has 0 N–H and O–H groups in total. The Morgan fingerprint density at radius 2 is 1.82 bits per heavy atom. The molecule has 6 heteroatoms. The molecule has 28 heavy (non-hydrogen) atoms. The van der Waals surface area contributed by atoms with Crippen LogP contribution in [0.15, 0.2) is 42.5 Å². The second-order valence-corrected chi connectivity index (χ2v) is 7.53. The van der Waals surface area contributed by atoms with E-state index in [1.165, 1.54) is 12.1 Å². The standard InChI is InChI=1S/C22H26FNO4/c1-22(2)14-28-20(16-6-8-17(23)9-7-16)13-24(22)21(25)12-15-5-10-18(26-3)19(11-15)27-4/h5-11,20H,12-14H2,1-4H3. The van der Waals surface area contributed by atoms with E-state index >= 15 is 0 Å². The maximum absolute atomic E-state index is 13.2. The number of amides is 1. The van der Waals surface area contributed by atoms with Crippen LogP contribution in [-0.2, 0) is 16.0 Å². The summed E-state index contributed by atoms with van der Waals surface area (Å²) in [4.78, 5) is 15.0. The van der Waals surface area contributed by atoms with Crippen molar-refractivity contribution in [1.29, 1.82) is 0 Å². The molecule has 2 aromatic carbocycles. The van der Waals surface area contributed by atoms with Crippen molar-refractivity contribution in [3.05, 3.63) is 59.4 Å². The van der Waals surface area contributed by atoms with Gasteiger partial charge in [-0.2, -0.15) is 0 Å². The van der Waals surface area contributed by atoms with Crippen LogP contribution >= 0.6 is 0 Å². The number of benzene rings is 2. The van der Waals surface area contributed by atoms with E-state index in [2.05, 4.69) is 0 Å². The maximum atomic E-state index is 13.2. The molecule has 0 bridgehead atoms. The molecule has 5 nitrogen and oxygen atoms in total. The summed E-state index contributed by atoms with van der Waals surface area (Å²) in [5.74, 6) is 0.939.